The van der Waals surface area contributed by atoms with Crippen LogP contribution >= 0.6 is 11.3 Å². The maximum absolute atomic E-state index is 12.5. The highest BCUT2D eigenvalue weighted by Gasteiger charge is 2.24. The van der Waals surface area contributed by atoms with Crippen molar-refractivity contribution in [3.8, 4) is 11.8 Å². The molecular weight excluding hydrogens is 368 g/mol. The van der Waals surface area contributed by atoms with Gasteiger partial charge in [0, 0.05) is 16.5 Å². The summed E-state index contributed by atoms with van der Waals surface area (Å²) >= 11 is 1.54. The van der Waals surface area contributed by atoms with Gasteiger partial charge in [-0.3, -0.25) is 4.79 Å². The van der Waals surface area contributed by atoms with Crippen LogP contribution in [-0.2, 0) is 17.6 Å². The Hall–Kier alpha value is -2.58. The van der Waals surface area contributed by atoms with E-state index in [1.807, 2.05) is 24.3 Å². The summed E-state index contributed by atoms with van der Waals surface area (Å²) in [6.45, 7) is 5.02. The number of carbonyl (C=O) groups excluding carboxylic acids is 1. The molecule has 146 valence electrons. The van der Waals surface area contributed by atoms with E-state index in [1.54, 1.807) is 17.4 Å². The first kappa shape index (κ1) is 20.2. The summed E-state index contributed by atoms with van der Waals surface area (Å²) in [5.41, 5.74) is 2.63. The maximum atomic E-state index is 12.5. The Morgan fingerprint density at radius 1 is 1.43 bits per heavy atom. The largest absolute Gasteiger partial charge is 0.493 e. The molecule has 0 radical (unpaired) electrons. The van der Waals surface area contributed by atoms with E-state index in [0.29, 0.717) is 23.1 Å². The minimum atomic E-state index is -0.230. The highest BCUT2D eigenvalue weighted by molar-refractivity contribution is 7.16. The molecule has 3 rings (SSSR count). The highest BCUT2D eigenvalue weighted by Crippen LogP contribution is 2.39. The van der Waals surface area contributed by atoms with Crippen molar-refractivity contribution in [1.82, 2.24) is 0 Å². The number of nitrogens with one attached hydrogen (secondary N) is 1. The average molecular weight is 395 g/mol. The topological polar surface area (TPSA) is 62.1 Å². The number of ether oxygens (including phenoxy) is 1. The molecule has 1 aliphatic carbocycles. The van der Waals surface area contributed by atoms with Gasteiger partial charge >= 0.3 is 0 Å². The molecule has 0 aliphatic heterocycles. The number of unbranched alkanes of at least 4 members (excludes halogenated alkanes) is 1. The molecule has 1 aromatic heterocycles. The zero-order valence-corrected chi connectivity index (χ0v) is 17.3. The van der Waals surface area contributed by atoms with Gasteiger partial charge in [-0.1, -0.05) is 38.5 Å². The van der Waals surface area contributed by atoms with Gasteiger partial charge in [0.2, 0.25) is 5.91 Å². The third-order valence-corrected chi connectivity index (χ3v) is 6.12. The molecule has 1 heterocycles. The molecule has 1 atom stereocenters. The molecule has 1 amide bonds. The monoisotopic (exact) mass is 394 g/mol. The molecule has 1 N–H and O–H groups in total. The molecule has 0 saturated heterocycles. The van der Waals surface area contributed by atoms with Crippen LogP contribution in [0.2, 0.25) is 0 Å². The number of rotatable bonds is 7. The molecule has 1 aromatic carbocycles. The molecule has 28 heavy (non-hydrogen) atoms. The van der Waals surface area contributed by atoms with Gasteiger partial charge < -0.3 is 10.1 Å². The Balaban J connectivity index is 1.71. The summed E-state index contributed by atoms with van der Waals surface area (Å²) in [6, 6.07) is 9.98. The van der Waals surface area contributed by atoms with E-state index in [-0.39, 0.29) is 5.91 Å². The molecule has 0 bridgehead atoms. The van der Waals surface area contributed by atoms with Crippen molar-refractivity contribution in [3.63, 3.8) is 0 Å². The number of anilines is 1. The Kier molecular flexibility index (Phi) is 6.89. The van der Waals surface area contributed by atoms with Crippen molar-refractivity contribution in [3.05, 3.63) is 51.9 Å². The standard InChI is InChI=1S/C23H26N2O2S/c1-3-4-13-27-20-8-6-5-7-17(20)10-12-22(26)25-23-19(15-24)18-11-9-16(2)14-21(18)28-23/h5-8,10,12,16H,3-4,9,11,13-14H2,1-2H3,(H,25,26). The summed E-state index contributed by atoms with van der Waals surface area (Å²) in [7, 11) is 0. The van der Waals surface area contributed by atoms with Crippen LogP contribution in [0, 0.1) is 17.2 Å². The van der Waals surface area contributed by atoms with Gasteiger partial charge in [-0.05, 0) is 49.3 Å². The molecule has 0 fully saturated rings. The normalized spacial score (nSPS) is 15.8. The lowest BCUT2D eigenvalue weighted by atomic mass is 9.89. The van der Waals surface area contributed by atoms with Crippen LogP contribution in [0.15, 0.2) is 30.3 Å². The van der Waals surface area contributed by atoms with E-state index in [9.17, 15) is 10.1 Å². The predicted molar refractivity (Wildman–Crippen MR) is 115 cm³/mol. The van der Waals surface area contributed by atoms with Crippen LogP contribution in [0.3, 0.4) is 0 Å². The van der Waals surface area contributed by atoms with E-state index in [0.717, 1.165) is 49.0 Å². The van der Waals surface area contributed by atoms with E-state index < -0.39 is 0 Å². The molecule has 1 unspecified atom stereocenters. The van der Waals surface area contributed by atoms with Crippen LogP contribution in [0.1, 0.15) is 54.7 Å². The number of thiophene rings is 1. The van der Waals surface area contributed by atoms with Crippen molar-refractivity contribution in [1.29, 1.82) is 5.26 Å². The summed E-state index contributed by atoms with van der Waals surface area (Å²) < 4.78 is 5.81. The van der Waals surface area contributed by atoms with E-state index in [1.165, 1.54) is 11.0 Å². The highest BCUT2D eigenvalue weighted by atomic mass is 32.1. The van der Waals surface area contributed by atoms with Crippen molar-refractivity contribution >= 4 is 28.3 Å². The van der Waals surface area contributed by atoms with Crippen molar-refractivity contribution in [2.45, 2.75) is 46.0 Å². The third kappa shape index (κ3) is 4.82. The van der Waals surface area contributed by atoms with E-state index in [4.69, 9.17) is 4.74 Å². The summed E-state index contributed by atoms with van der Waals surface area (Å²) in [5, 5.41) is 13.1. The minimum Gasteiger partial charge on any atom is -0.493 e. The molecule has 0 spiro atoms. The van der Waals surface area contributed by atoms with Gasteiger partial charge in [-0.15, -0.1) is 11.3 Å². The first-order valence-electron chi connectivity index (χ1n) is 9.87. The zero-order chi connectivity index (χ0) is 19.9. The lowest BCUT2D eigenvalue weighted by Crippen LogP contribution is -2.10. The predicted octanol–water partition coefficient (Wildman–Crippen LogP) is 5.58. The second-order valence-electron chi connectivity index (χ2n) is 7.23. The third-order valence-electron chi connectivity index (χ3n) is 4.95. The Morgan fingerprint density at radius 3 is 3.04 bits per heavy atom. The van der Waals surface area contributed by atoms with Crippen molar-refractivity contribution < 1.29 is 9.53 Å². The average Bonchev–Trinajstić information content (AvgIpc) is 3.03. The first-order chi connectivity index (χ1) is 13.6. The lowest BCUT2D eigenvalue weighted by Gasteiger charge is -2.17. The number of benzene rings is 1. The summed E-state index contributed by atoms with van der Waals surface area (Å²) in [6.07, 6.45) is 8.35. The van der Waals surface area contributed by atoms with Gasteiger partial charge in [-0.25, -0.2) is 0 Å². The molecule has 4 nitrogen and oxygen atoms in total. The number of amides is 1. The Labute approximate surface area is 170 Å². The van der Waals surface area contributed by atoms with Crippen LogP contribution in [0.5, 0.6) is 5.75 Å². The van der Waals surface area contributed by atoms with Crippen LogP contribution in [0.25, 0.3) is 6.08 Å². The fourth-order valence-corrected chi connectivity index (χ4v) is 4.72. The van der Waals surface area contributed by atoms with Gasteiger partial charge in [0.1, 0.15) is 16.8 Å². The number of fused-ring (bicyclic) bond motifs is 1. The molecule has 5 heteroatoms. The Morgan fingerprint density at radius 2 is 2.25 bits per heavy atom. The first-order valence-corrected chi connectivity index (χ1v) is 10.7. The quantitative estimate of drug-likeness (QED) is 0.493. The van der Waals surface area contributed by atoms with Crippen LogP contribution < -0.4 is 10.1 Å². The van der Waals surface area contributed by atoms with Gasteiger partial charge in [-0.2, -0.15) is 5.26 Å². The van der Waals surface area contributed by atoms with Gasteiger partial charge in [0.15, 0.2) is 0 Å². The fourth-order valence-electron chi connectivity index (χ4n) is 3.35. The minimum absolute atomic E-state index is 0.230. The maximum Gasteiger partial charge on any atom is 0.249 e. The number of hydrogen-bond donors (Lipinski definition) is 1. The molecule has 0 saturated carbocycles. The summed E-state index contributed by atoms with van der Waals surface area (Å²) in [4.78, 5) is 13.7. The van der Waals surface area contributed by atoms with Crippen LogP contribution in [-0.4, -0.2) is 12.5 Å². The molecule has 1 aliphatic rings. The second kappa shape index (κ2) is 9.57. The number of para-hydroxylation sites is 1. The Bertz CT molecular complexity index is 908. The van der Waals surface area contributed by atoms with Gasteiger partial charge in [0.05, 0.1) is 12.2 Å². The molecular formula is C23H26N2O2S. The van der Waals surface area contributed by atoms with E-state index >= 15 is 0 Å². The SMILES string of the molecule is CCCCOc1ccccc1C=CC(=O)Nc1sc2c(c1C#N)CCC(C)C2. The van der Waals surface area contributed by atoms with Gasteiger partial charge in [0.25, 0.3) is 0 Å². The van der Waals surface area contributed by atoms with Crippen molar-refractivity contribution in [2.24, 2.45) is 5.92 Å². The molecule has 2 aromatic rings. The fraction of sp³-hybridized carbons (Fsp3) is 0.391. The summed E-state index contributed by atoms with van der Waals surface area (Å²) in [5.74, 6) is 1.18. The van der Waals surface area contributed by atoms with E-state index in [2.05, 4.69) is 25.2 Å². The number of carbonyl (C=O) groups is 1. The lowest BCUT2D eigenvalue weighted by molar-refractivity contribution is -0.111. The second-order valence-corrected chi connectivity index (χ2v) is 8.34. The van der Waals surface area contributed by atoms with Crippen LogP contribution in [0.4, 0.5) is 5.00 Å². The zero-order valence-electron chi connectivity index (χ0n) is 16.5. The number of nitriles is 1. The number of hydrogen-bond acceptors (Lipinski definition) is 4. The van der Waals surface area contributed by atoms with Crippen molar-refractivity contribution in [2.75, 3.05) is 11.9 Å². The smallest absolute Gasteiger partial charge is 0.249 e. The number of nitrogens with zero attached hydrogens (tertiary/aromatic N) is 1.